The first kappa shape index (κ1) is 41.3. The van der Waals surface area contributed by atoms with E-state index in [1.165, 1.54) is 0 Å². The lowest BCUT2D eigenvalue weighted by molar-refractivity contribution is -0.276. The maximum absolute atomic E-state index is 13.3. The summed E-state index contributed by atoms with van der Waals surface area (Å²) in [4.78, 5) is 41.9. The van der Waals surface area contributed by atoms with Crippen molar-refractivity contribution in [1.82, 2.24) is 15.1 Å². The lowest BCUT2D eigenvalue weighted by Gasteiger charge is -2.42. The average Bonchev–Trinajstić information content (AvgIpc) is 3.51. The molecule has 2 heterocycles. The zero-order valence-electron chi connectivity index (χ0n) is 33.0. The number of phenolic OH excluding ortho intramolecular Hbond substituents is 1. The van der Waals surface area contributed by atoms with E-state index >= 15 is 0 Å². The number of likely N-dealkylation sites (tertiary alicyclic amines) is 1. The zero-order valence-corrected chi connectivity index (χ0v) is 33.0. The monoisotopic (exact) mass is 799 g/mol. The molecule has 2 saturated heterocycles. The minimum absolute atomic E-state index is 0.0429. The Labute approximate surface area is 343 Å². The molecule has 2 aliphatic heterocycles. The van der Waals surface area contributed by atoms with E-state index in [-0.39, 0.29) is 56.0 Å². The Kier molecular flexibility index (Phi) is 13.1. The van der Waals surface area contributed by atoms with Gasteiger partial charge in [0.25, 0.3) is 5.91 Å². The van der Waals surface area contributed by atoms with Crippen LogP contribution in [0.3, 0.4) is 0 Å². The fourth-order valence-corrected chi connectivity index (χ4v) is 7.61. The molecule has 12 nitrogen and oxygen atoms in total. The molecular weight excluding hydrogens is 751 g/mol. The SMILES string of the molecule is CC1C(CN(C)CC(O)c2cccc(O)c2)OC(c2cccc(-c3cccc(CN4C(=O)CC(NC(=O)OCc5ccccc5)C4=O)c3)c2)OC1c1ccc(CO)cc1. The number of amides is 3. The number of aliphatic hydroxyl groups excluding tert-OH is 2. The predicted octanol–water partition coefficient (Wildman–Crippen LogP) is 6.56. The molecule has 5 aromatic carbocycles. The van der Waals surface area contributed by atoms with Gasteiger partial charge >= 0.3 is 6.09 Å². The van der Waals surface area contributed by atoms with Crippen LogP contribution in [-0.2, 0) is 43.6 Å². The third kappa shape index (κ3) is 10.2. The Morgan fingerprint density at radius 2 is 1.56 bits per heavy atom. The molecule has 0 radical (unpaired) electrons. The number of nitrogens with one attached hydrogen (secondary N) is 1. The molecule has 0 spiro atoms. The van der Waals surface area contributed by atoms with Crippen LogP contribution in [0.4, 0.5) is 4.79 Å². The van der Waals surface area contributed by atoms with Gasteiger partial charge in [-0.1, -0.05) is 110 Å². The van der Waals surface area contributed by atoms with Crippen LogP contribution in [0, 0.1) is 5.92 Å². The minimum Gasteiger partial charge on any atom is -0.508 e. The minimum atomic E-state index is -1.01. The van der Waals surface area contributed by atoms with Crippen LogP contribution in [0.25, 0.3) is 11.1 Å². The molecule has 12 heteroatoms. The largest absolute Gasteiger partial charge is 0.508 e. The van der Waals surface area contributed by atoms with Gasteiger partial charge in [0.15, 0.2) is 6.29 Å². The molecule has 0 aliphatic carbocycles. The van der Waals surface area contributed by atoms with Crippen LogP contribution in [-0.4, -0.2) is 75.3 Å². The van der Waals surface area contributed by atoms with Gasteiger partial charge in [0.2, 0.25) is 5.91 Å². The van der Waals surface area contributed by atoms with Crippen LogP contribution in [0.5, 0.6) is 5.75 Å². The molecule has 6 atom stereocenters. The van der Waals surface area contributed by atoms with Crippen molar-refractivity contribution in [2.24, 2.45) is 5.92 Å². The van der Waals surface area contributed by atoms with Crippen molar-refractivity contribution in [2.45, 2.75) is 63.7 Å². The normalized spacial score (nSPS) is 21.1. The maximum Gasteiger partial charge on any atom is 0.408 e. The van der Waals surface area contributed by atoms with Crippen molar-refractivity contribution in [1.29, 1.82) is 0 Å². The van der Waals surface area contributed by atoms with Gasteiger partial charge in [-0.25, -0.2) is 4.79 Å². The lowest BCUT2D eigenvalue weighted by Crippen LogP contribution is -2.44. The fourth-order valence-electron chi connectivity index (χ4n) is 7.61. The van der Waals surface area contributed by atoms with E-state index in [1.54, 1.807) is 24.3 Å². The highest BCUT2D eigenvalue weighted by Gasteiger charge is 2.41. The molecule has 5 aromatic rings. The summed E-state index contributed by atoms with van der Waals surface area (Å²) in [5.74, 6) is -0.867. The van der Waals surface area contributed by atoms with Crippen molar-refractivity contribution >= 4 is 17.9 Å². The molecule has 59 heavy (non-hydrogen) atoms. The number of likely N-dealkylation sites (N-methyl/N-ethyl adjacent to an activating group) is 1. The second-order valence-corrected chi connectivity index (χ2v) is 15.3. The van der Waals surface area contributed by atoms with Crippen molar-refractivity contribution in [3.8, 4) is 16.9 Å². The number of aromatic hydroxyl groups is 1. The first-order chi connectivity index (χ1) is 28.5. The molecule has 4 N–H and O–H groups in total. The number of phenols is 1. The molecule has 3 amide bonds. The van der Waals surface area contributed by atoms with Gasteiger partial charge in [-0.05, 0) is 70.3 Å². The Bertz CT molecular complexity index is 2230. The Balaban J connectivity index is 1.05. The summed E-state index contributed by atoms with van der Waals surface area (Å²) < 4.78 is 18.7. The highest BCUT2D eigenvalue weighted by atomic mass is 16.7. The van der Waals surface area contributed by atoms with E-state index in [1.807, 2.05) is 115 Å². The van der Waals surface area contributed by atoms with Crippen molar-refractivity contribution in [2.75, 3.05) is 20.1 Å². The predicted molar refractivity (Wildman–Crippen MR) is 219 cm³/mol. The molecular formula is C47H49N3O9. The number of carbonyl (C=O) groups excluding carboxylic acids is 3. The molecule has 2 aliphatic rings. The second-order valence-electron chi connectivity index (χ2n) is 15.3. The van der Waals surface area contributed by atoms with Gasteiger partial charge in [-0.3, -0.25) is 14.5 Å². The third-order valence-corrected chi connectivity index (χ3v) is 10.9. The number of carbonyl (C=O) groups is 3. The van der Waals surface area contributed by atoms with Gasteiger partial charge in [0.1, 0.15) is 18.4 Å². The zero-order chi connectivity index (χ0) is 41.5. The molecule has 2 fully saturated rings. The summed E-state index contributed by atoms with van der Waals surface area (Å²) in [5.41, 5.74) is 6.44. The summed E-state index contributed by atoms with van der Waals surface area (Å²) in [5, 5.41) is 33.1. The van der Waals surface area contributed by atoms with Crippen LogP contribution in [0.15, 0.2) is 127 Å². The van der Waals surface area contributed by atoms with E-state index in [4.69, 9.17) is 14.2 Å². The molecule has 0 aromatic heterocycles. The quantitative estimate of drug-likeness (QED) is 0.0907. The average molecular weight is 800 g/mol. The second kappa shape index (κ2) is 18.8. The Morgan fingerprint density at radius 3 is 2.31 bits per heavy atom. The number of hydrogen-bond donors (Lipinski definition) is 4. The van der Waals surface area contributed by atoms with Crippen LogP contribution >= 0.6 is 0 Å². The Morgan fingerprint density at radius 1 is 0.847 bits per heavy atom. The van der Waals surface area contributed by atoms with Crippen LogP contribution in [0.1, 0.15) is 65.2 Å². The third-order valence-electron chi connectivity index (χ3n) is 10.9. The summed E-state index contributed by atoms with van der Waals surface area (Å²) >= 11 is 0. The molecule has 7 rings (SSSR count). The van der Waals surface area contributed by atoms with Crippen molar-refractivity contribution < 1.29 is 43.9 Å². The number of hydrogen-bond acceptors (Lipinski definition) is 10. The van der Waals surface area contributed by atoms with E-state index in [0.717, 1.165) is 43.8 Å². The summed E-state index contributed by atoms with van der Waals surface area (Å²) in [6, 6.07) is 38.0. The fraction of sp³-hybridized carbons (Fsp3) is 0.298. The van der Waals surface area contributed by atoms with Crippen molar-refractivity contribution in [3.05, 3.63) is 161 Å². The van der Waals surface area contributed by atoms with Gasteiger partial charge in [0.05, 0.1) is 37.9 Å². The molecule has 6 unspecified atom stereocenters. The summed E-state index contributed by atoms with van der Waals surface area (Å²) in [6.07, 6.45) is -3.12. The van der Waals surface area contributed by atoms with E-state index in [9.17, 15) is 29.7 Å². The number of alkyl carbamates (subject to hydrolysis) is 1. The molecule has 0 bridgehead atoms. The number of ether oxygens (including phenoxy) is 3. The number of imide groups is 1. The van der Waals surface area contributed by atoms with Gasteiger partial charge in [-0.15, -0.1) is 0 Å². The van der Waals surface area contributed by atoms with Gasteiger partial charge in [0, 0.05) is 24.6 Å². The topological polar surface area (TPSA) is 158 Å². The smallest absolute Gasteiger partial charge is 0.408 e. The van der Waals surface area contributed by atoms with Crippen molar-refractivity contribution in [3.63, 3.8) is 0 Å². The first-order valence-electron chi connectivity index (χ1n) is 19.7. The number of aliphatic hydroxyl groups is 2. The number of nitrogens with zero attached hydrogens (tertiary/aromatic N) is 2. The van der Waals surface area contributed by atoms with E-state index in [2.05, 4.69) is 12.2 Å². The summed E-state index contributed by atoms with van der Waals surface area (Å²) in [6.45, 7) is 2.91. The maximum atomic E-state index is 13.3. The number of rotatable bonds is 14. The molecule has 0 saturated carbocycles. The van der Waals surface area contributed by atoms with Crippen LogP contribution < -0.4 is 5.32 Å². The van der Waals surface area contributed by atoms with Gasteiger partial charge in [-0.2, -0.15) is 0 Å². The van der Waals surface area contributed by atoms with Gasteiger partial charge < -0.3 is 39.7 Å². The highest BCUT2D eigenvalue weighted by Crippen LogP contribution is 2.42. The van der Waals surface area contributed by atoms with E-state index in [0.29, 0.717) is 18.7 Å². The summed E-state index contributed by atoms with van der Waals surface area (Å²) in [7, 11) is 1.92. The Hall–Kier alpha value is -5.89. The number of benzene rings is 5. The van der Waals surface area contributed by atoms with E-state index < -0.39 is 30.4 Å². The standard InChI is InChI=1S/C47H49N3O9/c1-30-42(27-49(2)26-41(53)37-14-8-16-39(52)23-37)58-46(59-44(30)34-19-17-31(28-51)18-20-34)38-15-7-13-36(22-38)35-12-6-11-33(21-35)25-50-43(54)24-40(45(50)55)48-47(56)57-29-32-9-4-3-5-10-32/h3-23,30,40-42,44,46,51-53H,24-29H2,1-2H3,(H,48,56). The lowest BCUT2D eigenvalue weighted by atomic mass is 9.89. The van der Waals surface area contributed by atoms with Crippen LogP contribution in [0.2, 0.25) is 0 Å². The first-order valence-corrected chi connectivity index (χ1v) is 19.7. The molecule has 306 valence electrons. The highest BCUT2D eigenvalue weighted by molar-refractivity contribution is 6.06.